The molecular formula is C22H28N2O2S. The van der Waals surface area contributed by atoms with Crippen LogP contribution >= 0.6 is 12.2 Å². The minimum atomic E-state index is -0.287. The highest BCUT2D eigenvalue weighted by Gasteiger charge is 2.15. The first-order valence-electron chi connectivity index (χ1n) is 9.17. The Kier molecular flexibility index (Phi) is 6.60. The van der Waals surface area contributed by atoms with E-state index in [1.165, 1.54) is 0 Å². The molecule has 0 aromatic heterocycles. The van der Waals surface area contributed by atoms with E-state index in [1.807, 2.05) is 24.3 Å². The Labute approximate surface area is 167 Å². The number of nitrogens with one attached hydrogen (secondary N) is 2. The quantitative estimate of drug-likeness (QED) is 0.492. The molecule has 3 N–H and O–H groups in total. The van der Waals surface area contributed by atoms with E-state index in [4.69, 9.17) is 12.2 Å². The van der Waals surface area contributed by atoms with Gasteiger partial charge in [0.2, 0.25) is 0 Å². The van der Waals surface area contributed by atoms with Gasteiger partial charge in [-0.2, -0.15) is 0 Å². The Bertz CT molecular complexity index is 823. The molecule has 0 radical (unpaired) electrons. The summed E-state index contributed by atoms with van der Waals surface area (Å²) in [6, 6.07) is 12.9. The Morgan fingerprint density at radius 2 is 1.78 bits per heavy atom. The summed E-state index contributed by atoms with van der Waals surface area (Å²) in [6.45, 7) is 10.6. The van der Waals surface area contributed by atoms with Crippen LogP contribution in [0.2, 0.25) is 0 Å². The van der Waals surface area contributed by atoms with Crippen LogP contribution in [0.25, 0.3) is 0 Å². The lowest BCUT2D eigenvalue weighted by Crippen LogP contribution is -2.34. The Morgan fingerprint density at radius 1 is 1.15 bits per heavy atom. The monoisotopic (exact) mass is 384 g/mol. The van der Waals surface area contributed by atoms with Crippen molar-refractivity contribution in [3.8, 4) is 5.75 Å². The van der Waals surface area contributed by atoms with Gasteiger partial charge in [-0.25, -0.2) is 0 Å². The van der Waals surface area contributed by atoms with E-state index in [0.29, 0.717) is 17.2 Å². The van der Waals surface area contributed by atoms with Crippen LogP contribution < -0.4 is 10.6 Å². The van der Waals surface area contributed by atoms with Gasteiger partial charge in [0.05, 0.1) is 5.69 Å². The summed E-state index contributed by atoms with van der Waals surface area (Å²) in [5.74, 6) is 0.175. The van der Waals surface area contributed by atoms with Crippen LogP contribution in [0, 0.1) is 0 Å². The van der Waals surface area contributed by atoms with Gasteiger partial charge in [0.15, 0.2) is 5.11 Å². The number of phenolic OH excluding ortho intramolecular Hbond substituents is 1. The van der Waals surface area contributed by atoms with Crippen LogP contribution in [0.5, 0.6) is 5.75 Å². The molecule has 144 valence electrons. The van der Waals surface area contributed by atoms with Gasteiger partial charge in [-0.1, -0.05) is 52.8 Å². The van der Waals surface area contributed by atoms with Gasteiger partial charge in [-0.05, 0) is 65.4 Å². The van der Waals surface area contributed by atoms with Crippen LogP contribution in [0.4, 0.5) is 5.69 Å². The van der Waals surface area contributed by atoms with Crippen molar-refractivity contribution in [2.24, 2.45) is 0 Å². The molecule has 0 saturated heterocycles. The molecule has 1 atom stereocenters. The van der Waals surface area contributed by atoms with E-state index < -0.39 is 0 Å². The first kappa shape index (κ1) is 20.9. The Hall–Kier alpha value is -2.40. The molecule has 0 spiro atoms. The fourth-order valence-corrected chi connectivity index (χ4v) is 2.85. The van der Waals surface area contributed by atoms with Crippen molar-refractivity contribution in [2.45, 2.75) is 52.4 Å². The second-order valence-electron chi connectivity index (χ2n) is 7.82. The molecule has 2 rings (SSSR count). The van der Waals surface area contributed by atoms with Gasteiger partial charge in [0.25, 0.3) is 5.91 Å². The summed E-state index contributed by atoms with van der Waals surface area (Å²) in [6.07, 6.45) is 0.996. The fourth-order valence-electron chi connectivity index (χ4n) is 2.65. The molecule has 27 heavy (non-hydrogen) atoms. The molecule has 0 aliphatic heterocycles. The summed E-state index contributed by atoms with van der Waals surface area (Å²) in [4.78, 5) is 12.4. The summed E-state index contributed by atoms with van der Waals surface area (Å²) in [5.41, 5.74) is 3.31. The van der Waals surface area contributed by atoms with Crippen LogP contribution in [0.15, 0.2) is 42.5 Å². The first-order valence-corrected chi connectivity index (χ1v) is 9.58. The maximum absolute atomic E-state index is 12.4. The number of hydrogen-bond acceptors (Lipinski definition) is 3. The SMILES string of the molecule is CC[C@H](C)c1ccc(O)c(NC(=S)NC(=O)c2ccc(C(C)(C)C)cc2)c1. The zero-order valence-corrected chi connectivity index (χ0v) is 17.4. The summed E-state index contributed by atoms with van der Waals surface area (Å²) < 4.78 is 0. The largest absolute Gasteiger partial charge is 0.506 e. The normalized spacial score (nSPS) is 12.3. The van der Waals surface area contributed by atoms with E-state index in [-0.39, 0.29) is 22.2 Å². The number of rotatable bonds is 4. The molecule has 0 unspecified atom stereocenters. The number of carbonyl (C=O) groups is 1. The second kappa shape index (κ2) is 8.53. The summed E-state index contributed by atoms with van der Waals surface area (Å²) in [7, 11) is 0. The lowest BCUT2D eigenvalue weighted by Gasteiger charge is -2.19. The number of thiocarbonyl (C=S) groups is 1. The van der Waals surface area contributed by atoms with Gasteiger partial charge < -0.3 is 10.4 Å². The van der Waals surface area contributed by atoms with Crippen molar-refractivity contribution in [2.75, 3.05) is 5.32 Å². The van der Waals surface area contributed by atoms with Crippen LogP contribution in [-0.4, -0.2) is 16.1 Å². The number of amides is 1. The molecule has 0 heterocycles. The average Bonchev–Trinajstić information content (AvgIpc) is 2.62. The highest BCUT2D eigenvalue weighted by molar-refractivity contribution is 7.80. The van der Waals surface area contributed by atoms with Gasteiger partial charge in [-0.15, -0.1) is 0 Å². The maximum Gasteiger partial charge on any atom is 0.257 e. The molecule has 1 amide bonds. The number of aromatic hydroxyl groups is 1. The predicted molar refractivity (Wildman–Crippen MR) is 116 cm³/mol. The third-order valence-corrected chi connectivity index (χ3v) is 4.89. The maximum atomic E-state index is 12.4. The number of carbonyl (C=O) groups excluding carboxylic acids is 1. The lowest BCUT2D eigenvalue weighted by molar-refractivity contribution is 0.0977. The van der Waals surface area contributed by atoms with Gasteiger partial charge in [0, 0.05) is 5.56 Å². The van der Waals surface area contributed by atoms with Crippen molar-refractivity contribution in [3.63, 3.8) is 0 Å². The minimum Gasteiger partial charge on any atom is -0.506 e. The Balaban J connectivity index is 2.06. The van der Waals surface area contributed by atoms with Crippen molar-refractivity contribution in [1.82, 2.24) is 5.32 Å². The molecule has 4 nitrogen and oxygen atoms in total. The molecule has 0 aliphatic rings. The van der Waals surface area contributed by atoms with Crippen LogP contribution in [-0.2, 0) is 5.41 Å². The zero-order chi connectivity index (χ0) is 20.2. The second-order valence-corrected chi connectivity index (χ2v) is 8.23. The highest BCUT2D eigenvalue weighted by atomic mass is 32.1. The van der Waals surface area contributed by atoms with Crippen molar-refractivity contribution >= 4 is 28.9 Å². The number of benzene rings is 2. The summed E-state index contributed by atoms with van der Waals surface area (Å²) >= 11 is 5.24. The van der Waals surface area contributed by atoms with E-state index in [9.17, 15) is 9.90 Å². The number of hydrogen-bond donors (Lipinski definition) is 3. The van der Waals surface area contributed by atoms with Crippen molar-refractivity contribution in [1.29, 1.82) is 0 Å². The van der Waals surface area contributed by atoms with Gasteiger partial charge in [-0.3, -0.25) is 10.1 Å². The molecule has 0 saturated carbocycles. The van der Waals surface area contributed by atoms with E-state index in [0.717, 1.165) is 17.5 Å². The third kappa shape index (κ3) is 5.54. The topological polar surface area (TPSA) is 61.4 Å². The van der Waals surface area contributed by atoms with Crippen molar-refractivity contribution in [3.05, 3.63) is 59.2 Å². The predicted octanol–water partition coefficient (Wildman–Crippen LogP) is 5.33. The molecule has 0 aliphatic carbocycles. The molecule has 5 heteroatoms. The molecule has 0 fully saturated rings. The molecular weight excluding hydrogens is 356 g/mol. The van der Waals surface area contributed by atoms with E-state index >= 15 is 0 Å². The van der Waals surface area contributed by atoms with Crippen LogP contribution in [0.3, 0.4) is 0 Å². The third-order valence-electron chi connectivity index (χ3n) is 4.69. The van der Waals surface area contributed by atoms with Gasteiger partial charge >= 0.3 is 0 Å². The van der Waals surface area contributed by atoms with Gasteiger partial charge in [0.1, 0.15) is 5.75 Å². The number of anilines is 1. The number of phenols is 1. The van der Waals surface area contributed by atoms with Crippen LogP contribution in [0.1, 0.15) is 68.4 Å². The minimum absolute atomic E-state index is 0.0318. The average molecular weight is 385 g/mol. The Morgan fingerprint density at radius 3 is 2.33 bits per heavy atom. The smallest absolute Gasteiger partial charge is 0.257 e. The summed E-state index contributed by atoms with van der Waals surface area (Å²) in [5, 5.41) is 15.8. The standard InChI is InChI=1S/C22H28N2O2S/c1-6-14(2)16-9-12-19(25)18(13-16)23-21(27)24-20(26)15-7-10-17(11-8-15)22(3,4)5/h7-14,25H,6H2,1-5H3,(H2,23,24,26,27)/t14-/m0/s1. The molecule has 0 bridgehead atoms. The first-order chi connectivity index (χ1) is 12.6. The molecule has 2 aromatic carbocycles. The lowest BCUT2D eigenvalue weighted by atomic mass is 9.87. The van der Waals surface area contributed by atoms with E-state index in [2.05, 4.69) is 45.3 Å². The fraction of sp³-hybridized carbons (Fsp3) is 0.364. The zero-order valence-electron chi connectivity index (χ0n) is 16.6. The van der Waals surface area contributed by atoms with E-state index in [1.54, 1.807) is 18.2 Å². The molecule has 2 aromatic rings. The highest BCUT2D eigenvalue weighted by Crippen LogP contribution is 2.29. The van der Waals surface area contributed by atoms with Crippen molar-refractivity contribution < 1.29 is 9.90 Å².